The van der Waals surface area contributed by atoms with Crippen molar-refractivity contribution in [2.45, 2.75) is 30.7 Å². The minimum Gasteiger partial charge on any atom is -0.465 e. The summed E-state index contributed by atoms with van der Waals surface area (Å²) < 4.78 is 0. The van der Waals surface area contributed by atoms with Crippen molar-refractivity contribution in [1.82, 2.24) is 4.90 Å². The molecule has 4 heteroatoms. The molecule has 1 aliphatic heterocycles. The molecule has 1 unspecified atom stereocenters. The van der Waals surface area contributed by atoms with E-state index in [4.69, 9.17) is 10.8 Å². The van der Waals surface area contributed by atoms with E-state index in [9.17, 15) is 4.79 Å². The quantitative estimate of drug-likeness (QED) is 0.736. The number of benzene rings is 1. The summed E-state index contributed by atoms with van der Waals surface area (Å²) >= 11 is 0. The fourth-order valence-electron chi connectivity index (χ4n) is 3.54. The van der Waals surface area contributed by atoms with Crippen LogP contribution in [0.15, 0.2) is 24.3 Å². The molecule has 1 aromatic rings. The van der Waals surface area contributed by atoms with Crippen LogP contribution in [0.3, 0.4) is 0 Å². The van der Waals surface area contributed by atoms with Crippen molar-refractivity contribution in [3.63, 3.8) is 0 Å². The van der Waals surface area contributed by atoms with E-state index in [2.05, 4.69) is 18.2 Å². The molecule has 0 radical (unpaired) electrons. The van der Waals surface area contributed by atoms with Crippen LogP contribution in [0.1, 0.15) is 36.4 Å². The molecular weight excluding hydrogens is 228 g/mol. The molecule has 1 amide bonds. The van der Waals surface area contributed by atoms with Crippen LogP contribution in [0.5, 0.6) is 0 Å². The molecule has 4 nitrogen and oxygen atoms in total. The zero-order chi connectivity index (χ0) is 12.8. The van der Waals surface area contributed by atoms with Crippen LogP contribution in [0.2, 0.25) is 0 Å². The molecule has 0 bridgehead atoms. The number of rotatable bonds is 0. The van der Waals surface area contributed by atoms with Gasteiger partial charge in [-0.25, -0.2) is 4.79 Å². The number of nitrogens with zero attached hydrogens (tertiary/aromatic N) is 1. The SMILES string of the molecule is NC1CC2(CCN(C(=O)O)CC2)c2ccccc21. The van der Waals surface area contributed by atoms with E-state index in [1.807, 2.05) is 6.07 Å². The van der Waals surface area contributed by atoms with Crippen LogP contribution in [0.25, 0.3) is 0 Å². The first-order valence-corrected chi connectivity index (χ1v) is 6.45. The molecule has 18 heavy (non-hydrogen) atoms. The Bertz CT molecular complexity index is 478. The molecule has 1 fully saturated rings. The van der Waals surface area contributed by atoms with Crippen LogP contribution in [0.4, 0.5) is 4.79 Å². The number of fused-ring (bicyclic) bond motifs is 2. The lowest BCUT2D eigenvalue weighted by Gasteiger charge is -2.39. The molecular formula is C14H18N2O2. The number of hydrogen-bond acceptors (Lipinski definition) is 2. The number of carbonyl (C=O) groups is 1. The Morgan fingerprint density at radius 1 is 1.33 bits per heavy atom. The van der Waals surface area contributed by atoms with Crippen LogP contribution in [-0.4, -0.2) is 29.2 Å². The van der Waals surface area contributed by atoms with Crippen molar-refractivity contribution in [3.8, 4) is 0 Å². The Morgan fingerprint density at radius 3 is 2.67 bits per heavy atom. The van der Waals surface area contributed by atoms with Gasteiger partial charge in [0, 0.05) is 24.5 Å². The van der Waals surface area contributed by atoms with Gasteiger partial charge in [0.2, 0.25) is 0 Å². The number of amides is 1. The second-order valence-corrected chi connectivity index (χ2v) is 5.45. The average Bonchev–Trinajstić information content (AvgIpc) is 2.64. The molecule has 1 aromatic carbocycles. The molecule has 1 spiro atoms. The van der Waals surface area contributed by atoms with E-state index >= 15 is 0 Å². The molecule has 1 heterocycles. The number of nitrogens with two attached hydrogens (primary N) is 1. The van der Waals surface area contributed by atoms with E-state index in [1.165, 1.54) is 16.0 Å². The van der Waals surface area contributed by atoms with Crippen molar-refractivity contribution in [1.29, 1.82) is 0 Å². The fraction of sp³-hybridized carbons (Fsp3) is 0.500. The summed E-state index contributed by atoms with van der Waals surface area (Å²) in [5.41, 5.74) is 8.93. The molecule has 2 aliphatic rings. The van der Waals surface area contributed by atoms with E-state index in [0.717, 1.165) is 19.3 Å². The van der Waals surface area contributed by atoms with E-state index in [1.54, 1.807) is 0 Å². The zero-order valence-corrected chi connectivity index (χ0v) is 10.3. The Hall–Kier alpha value is -1.55. The Balaban J connectivity index is 1.89. The molecule has 1 aliphatic carbocycles. The summed E-state index contributed by atoms with van der Waals surface area (Å²) in [6.45, 7) is 1.24. The normalized spacial score (nSPS) is 25.2. The monoisotopic (exact) mass is 246 g/mol. The van der Waals surface area contributed by atoms with E-state index in [0.29, 0.717) is 13.1 Å². The fourth-order valence-corrected chi connectivity index (χ4v) is 3.54. The molecule has 3 N–H and O–H groups in total. The topological polar surface area (TPSA) is 66.6 Å². The van der Waals surface area contributed by atoms with Gasteiger partial charge >= 0.3 is 6.09 Å². The second kappa shape index (κ2) is 3.99. The van der Waals surface area contributed by atoms with Gasteiger partial charge < -0.3 is 15.7 Å². The van der Waals surface area contributed by atoms with Gasteiger partial charge in [0.05, 0.1) is 0 Å². The lowest BCUT2D eigenvalue weighted by atomic mass is 9.74. The summed E-state index contributed by atoms with van der Waals surface area (Å²) in [5.74, 6) is 0. The molecule has 0 saturated carbocycles. The minimum atomic E-state index is -0.805. The maximum atomic E-state index is 11.0. The third-order valence-electron chi connectivity index (χ3n) is 4.53. The number of piperidine rings is 1. The highest BCUT2D eigenvalue weighted by molar-refractivity contribution is 5.65. The maximum Gasteiger partial charge on any atom is 0.407 e. The Morgan fingerprint density at radius 2 is 2.00 bits per heavy atom. The lowest BCUT2D eigenvalue weighted by Crippen LogP contribution is -2.44. The van der Waals surface area contributed by atoms with Gasteiger partial charge in [-0.2, -0.15) is 0 Å². The highest BCUT2D eigenvalue weighted by Gasteiger charge is 2.44. The molecule has 0 aromatic heterocycles. The van der Waals surface area contributed by atoms with Gasteiger partial charge in [-0.15, -0.1) is 0 Å². The predicted molar refractivity (Wildman–Crippen MR) is 68.5 cm³/mol. The molecule has 3 rings (SSSR count). The first-order chi connectivity index (χ1) is 8.62. The third-order valence-corrected chi connectivity index (χ3v) is 4.53. The summed E-state index contributed by atoms with van der Waals surface area (Å²) in [6, 6.07) is 8.47. The largest absolute Gasteiger partial charge is 0.465 e. The summed E-state index contributed by atoms with van der Waals surface area (Å²) in [4.78, 5) is 12.5. The van der Waals surface area contributed by atoms with Crippen molar-refractivity contribution >= 4 is 6.09 Å². The van der Waals surface area contributed by atoms with Crippen LogP contribution in [0, 0.1) is 0 Å². The van der Waals surface area contributed by atoms with Crippen molar-refractivity contribution < 1.29 is 9.90 Å². The lowest BCUT2D eigenvalue weighted by molar-refractivity contribution is 0.115. The highest BCUT2D eigenvalue weighted by atomic mass is 16.4. The number of hydrogen-bond donors (Lipinski definition) is 2. The second-order valence-electron chi connectivity index (χ2n) is 5.45. The first-order valence-electron chi connectivity index (χ1n) is 6.45. The first kappa shape index (κ1) is 11.5. The van der Waals surface area contributed by atoms with E-state index in [-0.39, 0.29) is 11.5 Å². The summed E-state index contributed by atoms with van der Waals surface area (Å²) in [5, 5.41) is 9.02. The third kappa shape index (κ3) is 1.60. The average molecular weight is 246 g/mol. The molecule has 1 atom stereocenters. The van der Waals surface area contributed by atoms with Gasteiger partial charge in [0.1, 0.15) is 0 Å². The Kier molecular flexibility index (Phi) is 2.55. The predicted octanol–water partition coefficient (Wildman–Crippen LogP) is 2.10. The van der Waals surface area contributed by atoms with Gasteiger partial charge in [-0.1, -0.05) is 24.3 Å². The maximum absolute atomic E-state index is 11.0. The smallest absolute Gasteiger partial charge is 0.407 e. The van der Waals surface area contributed by atoms with Crippen molar-refractivity contribution in [2.75, 3.05) is 13.1 Å². The van der Waals surface area contributed by atoms with E-state index < -0.39 is 6.09 Å². The zero-order valence-electron chi connectivity index (χ0n) is 10.3. The van der Waals surface area contributed by atoms with Gasteiger partial charge in [-0.3, -0.25) is 0 Å². The van der Waals surface area contributed by atoms with Gasteiger partial charge in [0.15, 0.2) is 0 Å². The highest BCUT2D eigenvalue weighted by Crippen LogP contribution is 2.49. The number of likely N-dealkylation sites (tertiary alicyclic amines) is 1. The van der Waals surface area contributed by atoms with Crippen LogP contribution < -0.4 is 5.73 Å². The van der Waals surface area contributed by atoms with Gasteiger partial charge in [-0.05, 0) is 30.4 Å². The van der Waals surface area contributed by atoms with Gasteiger partial charge in [0.25, 0.3) is 0 Å². The Labute approximate surface area is 106 Å². The van der Waals surface area contributed by atoms with Crippen molar-refractivity contribution in [3.05, 3.63) is 35.4 Å². The minimum absolute atomic E-state index is 0.109. The van der Waals surface area contributed by atoms with Crippen molar-refractivity contribution in [2.24, 2.45) is 5.73 Å². The number of carboxylic acid groups (broad SMARTS) is 1. The summed E-state index contributed by atoms with van der Waals surface area (Å²) in [6.07, 6.45) is 1.94. The molecule has 96 valence electrons. The standard InChI is InChI=1S/C14H18N2O2/c15-12-9-14(11-4-2-1-3-10(11)12)5-7-16(8-6-14)13(17)18/h1-4,12H,5-9,15H2,(H,17,18). The summed E-state index contributed by atoms with van der Waals surface area (Å²) in [7, 11) is 0. The van der Waals surface area contributed by atoms with Crippen LogP contribution in [-0.2, 0) is 5.41 Å². The molecule has 1 saturated heterocycles. The van der Waals surface area contributed by atoms with Crippen LogP contribution >= 0.6 is 0 Å².